The van der Waals surface area contributed by atoms with Crippen molar-refractivity contribution in [3.05, 3.63) is 71.0 Å². The van der Waals surface area contributed by atoms with Gasteiger partial charge in [-0.3, -0.25) is 4.79 Å². The number of rotatable bonds is 8. The monoisotopic (exact) mass is 426 g/mol. The predicted molar refractivity (Wildman–Crippen MR) is 120 cm³/mol. The Bertz CT molecular complexity index is 897. The predicted octanol–water partition coefficient (Wildman–Crippen LogP) is 3.33. The SMILES string of the molecule is CCNC(=NCc1cccc(C(=O)NCC2CCCO2)c1)N(C)Cc1cccc(F)c1. The Kier molecular flexibility index (Phi) is 8.41. The lowest BCUT2D eigenvalue weighted by Crippen LogP contribution is -2.38. The Morgan fingerprint density at radius 1 is 1.19 bits per heavy atom. The summed E-state index contributed by atoms with van der Waals surface area (Å²) < 4.78 is 19.0. The van der Waals surface area contributed by atoms with Gasteiger partial charge in [0.2, 0.25) is 0 Å². The molecule has 2 aromatic carbocycles. The molecule has 7 heteroatoms. The number of guanidine groups is 1. The van der Waals surface area contributed by atoms with Crippen LogP contribution in [-0.4, -0.2) is 49.6 Å². The molecule has 0 aliphatic carbocycles. The van der Waals surface area contributed by atoms with Crippen LogP contribution in [0.4, 0.5) is 4.39 Å². The molecule has 1 aliphatic heterocycles. The molecule has 1 atom stereocenters. The van der Waals surface area contributed by atoms with Crippen LogP contribution in [0.2, 0.25) is 0 Å². The molecule has 1 heterocycles. The van der Waals surface area contributed by atoms with E-state index in [-0.39, 0.29) is 17.8 Å². The zero-order valence-corrected chi connectivity index (χ0v) is 18.2. The lowest BCUT2D eigenvalue weighted by Gasteiger charge is -2.22. The van der Waals surface area contributed by atoms with Gasteiger partial charge in [-0.15, -0.1) is 0 Å². The normalized spacial score (nSPS) is 16.2. The summed E-state index contributed by atoms with van der Waals surface area (Å²) in [6.07, 6.45) is 2.16. The van der Waals surface area contributed by atoms with Crippen LogP contribution in [0.3, 0.4) is 0 Å². The number of hydrogen-bond acceptors (Lipinski definition) is 3. The summed E-state index contributed by atoms with van der Waals surface area (Å²) in [4.78, 5) is 19.1. The minimum Gasteiger partial charge on any atom is -0.376 e. The molecule has 3 rings (SSSR count). The number of benzene rings is 2. The zero-order chi connectivity index (χ0) is 22.1. The zero-order valence-electron chi connectivity index (χ0n) is 18.2. The van der Waals surface area contributed by atoms with E-state index in [4.69, 9.17) is 9.73 Å². The number of carbonyl (C=O) groups is 1. The molecule has 6 nitrogen and oxygen atoms in total. The van der Waals surface area contributed by atoms with E-state index in [0.29, 0.717) is 25.2 Å². The van der Waals surface area contributed by atoms with E-state index in [1.807, 2.05) is 43.1 Å². The third-order valence-corrected chi connectivity index (χ3v) is 5.12. The quantitative estimate of drug-likeness (QED) is 0.502. The van der Waals surface area contributed by atoms with Gasteiger partial charge in [0, 0.05) is 38.9 Å². The van der Waals surface area contributed by atoms with Gasteiger partial charge in [-0.1, -0.05) is 24.3 Å². The summed E-state index contributed by atoms with van der Waals surface area (Å²) in [7, 11) is 1.92. The third kappa shape index (κ3) is 7.07. The van der Waals surface area contributed by atoms with Crippen LogP contribution in [0, 0.1) is 5.82 Å². The Hall–Kier alpha value is -2.93. The third-order valence-electron chi connectivity index (χ3n) is 5.12. The first-order valence-corrected chi connectivity index (χ1v) is 10.8. The largest absolute Gasteiger partial charge is 0.376 e. The number of aliphatic imine (C=N–C) groups is 1. The molecule has 2 N–H and O–H groups in total. The van der Waals surface area contributed by atoms with Crippen LogP contribution >= 0.6 is 0 Å². The molecule has 31 heavy (non-hydrogen) atoms. The van der Waals surface area contributed by atoms with Crippen molar-refractivity contribution in [1.82, 2.24) is 15.5 Å². The second-order valence-electron chi connectivity index (χ2n) is 7.70. The van der Waals surface area contributed by atoms with Crippen LogP contribution < -0.4 is 10.6 Å². The van der Waals surface area contributed by atoms with Gasteiger partial charge in [0.1, 0.15) is 5.82 Å². The first-order chi connectivity index (χ1) is 15.0. The number of nitrogens with zero attached hydrogens (tertiary/aromatic N) is 2. The summed E-state index contributed by atoms with van der Waals surface area (Å²) >= 11 is 0. The molecule has 0 radical (unpaired) electrons. The first kappa shape index (κ1) is 22.7. The highest BCUT2D eigenvalue weighted by Crippen LogP contribution is 2.12. The second-order valence-corrected chi connectivity index (χ2v) is 7.70. The topological polar surface area (TPSA) is 66.0 Å². The van der Waals surface area contributed by atoms with E-state index >= 15 is 0 Å². The number of nitrogens with one attached hydrogen (secondary N) is 2. The number of hydrogen-bond donors (Lipinski definition) is 2. The maximum Gasteiger partial charge on any atom is 0.251 e. The van der Waals surface area contributed by atoms with Gasteiger partial charge in [0.05, 0.1) is 12.6 Å². The fourth-order valence-electron chi connectivity index (χ4n) is 3.54. The molecular formula is C24H31FN4O2. The van der Waals surface area contributed by atoms with Gasteiger partial charge in [0.15, 0.2) is 5.96 Å². The number of ether oxygens (including phenoxy) is 1. The van der Waals surface area contributed by atoms with Gasteiger partial charge in [-0.25, -0.2) is 9.38 Å². The minimum absolute atomic E-state index is 0.101. The second kappa shape index (κ2) is 11.5. The van der Waals surface area contributed by atoms with Crippen LogP contribution in [0.5, 0.6) is 0 Å². The molecule has 1 unspecified atom stereocenters. The number of carbonyl (C=O) groups excluding carboxylic acids is 1. The van der Waals surface area contributed by atoms with Gasteiger partial charge in [0.25, 0.3) is 5.91 Å². The Morgan fingerprint density at radius 3 is 2.74 bits per heavy atom. The highest BCUT2D eigenvalue weighted by Gasteiger charge is 2.16. The molecule has 1 saturated heterocycles. The molecule has 1 fully saturated rings. The van der Waals surface area contributed by atoms with E-state index < -0.39 is 0 Å². The van der Waals surface area contributed by atoms with Crippen molar-refractivity contribution >= 4 is 11.9 Å². The smallest absolute Gasteiger partial charge is 0.251 e. The van der Waals surface area contributed by atoms with Crippen LogP contribution in [-0.2, 0) is 17.8 Å². The van der Waals surface area contributed by atoms with Crippen molar-refractivity contribution in [3.8, 4) is 0 Å². The van der Waals surface area contributed by atoms with Crippen LogP contribution in [0.25, 0.3) is 0 Å². The van der Waals surface area contributed by atoms with Crippen molar-refractivity contribution in [2.75, 3.05) is 26.7 Å². The van der Waals surface area contributed by atoms with E-state index in [1.54, 1.807) is 12.1 Å². The average Bonchev–Trinajstić information content (AvgIpc) is 3.29. The van der Waals surface area contributed by atoms with Crippen molar-refractivity contribution in [3.63, 3.8) is 0 Å². The molecule has 0 saturated carbocycles. The minimum atomic E-state index is -0.248. The molecule has 1 amide bonds. The Morgan fingerprint density at radius 2 is 2.00 bits per heavy atom. The lowest BCUT2D eigenvalue weighted by atomic mass is 10.1. The van der Waals surface area contributed by atoms with Gasteiger partial charge in [-0.05, 0) is 55.2 Å². The maximum atomic E-state index is 13.5. The average molecular weight is 427 g/mol. The van der Waals surface area contributed by atoms with E-state index in [1.165, 1.54) is 12.1 Å². The van der Waals surface area contributed by atoms with Crippen molar-refractivity contribution < 1.29 is 13.9 Å². The summed E-state index contributed by atoms with van der Waals surface area (Å²) in [6.45, 7) is 5.01. The molecule has 0 spiro atoms. The summed E-state index contributed by atoms with van der Waals surface area (Å²) in [6, 6.07) is 14.1. The Labute approximate surface area is 183 Å². The molecule has 166 valence electrons. The molecule has 0 aromatic heterocycles. The summed E-state index contributed by atoms with van der Waals surface area (Å²) in [5, 5.41) is 6.22. The van der Waals surface area contributed by atoms with E-state index in [2.05, 4.69) is 10.6 Å². The molecule has 0 bridgehead atoms. The molecular weight excluding hydrogens is 395 g/mol. The first-order valence-electron chi connectivity index (χ1n) is 10.8. The molecule has 2 aromatic rings. The van der Waals surface area contributed by atoms with Crippen LogP contribution in [0.1, 0.15) is 41.3 Å². The number of halogens is 1. The van der Waals surface area contributed by atoms with Gasteiger partial charge >= 0.3 is 0 Å². The maximum absolute atomic E-state index is 13.5. The van der Waals surface area contributed by atoms with Crippen molar-refractivity contribution in [2.24, 2.45) is 4.99 Å². The fraction of sp³-hybridized carbons (Fsp3) is 0.417. The van der Waals surface area contributed by atoms with Gasteiger partial charge < -0.3 is 20.3 Å². The van der Waals surface area contributed by atoms with Crippen molar-refractivity contribution in [2.45, 2.75) is 39.0 Å². The van der Waals surface area contributed by atoms with Gasteiger partial charge in [-0.2, -0.15) is 0 Å². The number of amides is 1. The Balaban J connectivity index is 1.61. The highest BCUT2D eigenvalue weighted by molar-refractivity contribution is 5.94. The highest BCUT2D eigenvalue weighted by atomic mass is 19.1. The molecule has 1 aliphatic rings. The summed E-state index contributed by atoms with van der Waals surface area (Å²) in [5.41, 5.74) is 2.43. The summed E-state index contributed by atoms with van der Waals surface area (Å²) in [5.74, 6) is 0.374. The lowest BCUT2D eigenvalue weighted by molar-refractivity contribution is 0.0857. The standard InChI is InChI=1S/C24H31FN4O2/c1-3-26-24(29(2)17-19-8-5-10-21(25)14-19)28-15-18-7-4-9-20(13-18)23(30)27-16-22-11-6-12-31-22/h4-5,7-10,13-14,22H,3,6,11-12,15-17H2,1-2H3,(H,26,28)(H,27,30). The van der Waals surface area contributed by atoms with Crippen LogP contribution in [0.15, 0.2) is 53.5 Å². The van der Waals surface area contributed by atoms with E-state index in [0.717, 1.165) is 43.1 Å². The van der Waals surface area contributed by atoms with E-state index in [9.17, 15) is 9.18 Å². The fourth-order valence-corrected chi connectivity index (χ4v) is 3.54. The van der Waals surface area contributed by atoms with Crippen molar-refractivity contribution in [1.29, 1.82) is 0 Å².